The second kappa shape index (κ2) is 6.15. The van der Waals surface area contributed by atoms with E-state index in [2.05, 4.69) is 6.07 Å². The zero-order chi connectivity index (χ0) is 15.7. The minimum atomic E-state index is -1.25. The molecule has 0 aromatic heterocycles. The molecule has 3 N–H and O–H groups in total. The summed E-state index contributed by atoms with van der Waals surface area (Å²) in [4.78, 5) is 0. The van der Waals surface area contributed by atoms with Crippen LogP contribution in [0.4, 0.5) is 0 Å². The Morgan fingerprint density at radius 1 is 1.09 bits per heavy atom. The van der Waals surface area contributed by atoms with Gasteiger partial charge in [0.2, 0.25) is 0 Å². The number of hydrogen-bond acceptors (Lipinski definition) is 6. The molecule has 1 saturated heterocycles. The summed E-state index contributed by atoms with van der Waals surface area (Å²) < 4.78 is 5.74. The monoisotopic (exact) mass is 317 g/mol. The van der Waals surface area contributed by atoms with Gasteiger partial charge in [0.25, 0.3) is 0 Å². The van der Waals surface area contributed by atoms with Gasteiger partial charge in [-0.2, -0.15) is 5.26 Å². The van der Waals surface area contributed by atoms with Gasteiger partial charge in [0.05, 0.1) is 6.10 Å². The van der Waals surface area contributed by atoms with Crippen LogP contribution in [0.2, 0.25) is 0 Å². The van der Waals surface area contributed by atoms with Crippen LogP contribution >= 0.6 is 11.8 Å². The van der Waals surface area contributed by atoms with Gasteiger partial charge >= 0.3 is 0 Å². The van der Waals surface area contributed by atoms with Gasteiger partial charge in [-0.1, -0.05) is 30.3 Å². The Morgan fingerprint density at radius 3 is 2.64 bits per heavy atom. The lowest BCUT2D eigenvalue weighted by molar-refractivity contribution is -0.0786. The van der Waals surface area contributed by atoms with Crippen LogP contribution in [0.3, 0.4) is 0 Å². The largest absolute Gasteiger partial charge is 0.476 e. The van der Waals surface area contributed by atoms with Crippen molar-refractivity contribution in [2.24, 2.45) is 0 Å². The number of aliphatic hydroxyl groups excluding tert-OH is 3. The maximum absolute atomic E-state index is 10.0. The van der Waals surface area contributed by atoms with Crippen molar-refractivity contribution in [3.8, 4) is 11.8 Å². The molecule has 4 atom stereocenters. The summed E-state index contributed by atoms with van der Waals surface area (Å²) in [7, 11) is 0. The molecule has 0 radical (unpaired) electrons. The Balaban J connectivity index is 1.93. The SMILES string of the molecule is N#Cc1c(O[C@@H]2SC[C@@H](O)[C@H](O)[C@H]2O)ccc2ccccc12. The summed E-state index contributed by atoms with van der Waals surface area (Å²) in [5, 5.41) is 40.4. The third-order valence-corrected chi connectivity index (χ3v) is 4.94. The van der Waals surface area contributed by atoms with E-state index in [4.69, 9.17) is 4.74 Å². The molecule has 5 nitrogen and oxygen atoms in total. The highest BCUT2D eigenvalue weighted by molar-refractivity contribution is 7.99. The van der Waals surface area contributed by atoms with Crippen molar-refractivity contribution in [2.45, 2.75) is 23.7 Å². The van der Waals surface area contributed by atoms with Gasteiger partial charge in [-0.25, -0.2) is 0 Å². The van der Waals surface area contributed by atoms with Crippen LogP contribution in [-0.4, -0.2) is 44.8 Å². The molecule has 1 heterocycles. The molecule has 2 aromatic rings. The number of fused-ring (bicyclic) bond motifs is 1. The van der Waals surface area contributed by atoms with E-state index in [9.17, 15) is 20.6 Å². The molecule has 6 heteroatoms. The van der Waals surface area contributed by atoms with Gasteiger partial charge in [0.15, 0.2) is 5.44 Å². The molecule has 1 aliphatic rings. The first-order chi connectivity index (χ1) is 10.6. The average molecular weight is 317 g/mol. The summed E-state index contributed by atoms with van der Waals surface area (Å²) >= 11 is 1.21. The van der Waals surface area contributed by atoms with E-state index in [1.807, 2.05) is 30.3 Å². The number of benzene rings is 2. The average Bonchev–Trinajstić information content (AvgIpc) is 2.55. The first kappa shape index (κ1) is 15.1. The Morgan fingerprint density at radius 2 is 1.86 bits per heavy atom. The van der Waals surface area contributed by atoms with Crippen molar-refractivity contribution >= 4 is 22.5 Å². The number of rotatable bonds is 2. The van der Waals surface area contributed by atoms with Crippen molar-refractivity contribution < 1.29 is 20.1 Å². The molecule has 0 amide bonds. The topological polar surface area (TPSA) is 93.7 Å². The second-order valence-corrected chi connectivity index (χ2v) is 6.27. The lowest BCUT2D eigenvalue weighted by Crippen LogP contribution is -2.50. The van der Waals surface area contributed by atoms with Gasteiger partial charge < -0.3 is 20.1 Å². The molecule has 0 unspecified atom stereocenters. The van der Waals surface area contributed by atoms with Crippen LogP contribution in [0.15, 0.2) is 36.4 Å². The van der Waals surface area contributed by atoms with Crippen LogP contribution in [-0.2, 0) is 0 Å². The fraction of sp³-hybridized carbons (Fsp3) is 0.312. The summed E-state index contributed by atoms with van der Waals surface area (Å²) in [6.07, 6.45) is -3.45. The third kappa shape index (κ3) is 2.64. The van der Waals surface area contributed by atoms with Crippen molar-refractivity contribution in [2.75, 3.05) is 5.75 Å². The summed E-state index contributed by atoms with van der Waals surface area (Å²) in [6.45, 7) is 0. The highest BCUT2D eigenvalue weighted by atomic mass is 32.2. The first-order valence-electron chi connectivity index (χ1n) is 6.86. The fourth-order valence-corrected chi connectivity index (χ4v) is 3.59. The van der Waals surface area contributed by atoms with E-state index in [-0.39, 0.29) is 5.75 Å². The van der Waals surface area contributed by atoms with Crippen molar-refractivity contribution in [1.82, 2.24) is 0 Å². The molecule has 1 aliphatic heterocycles. The Bertz CT molecular complexity index is 730. The smallest absolute Gasteiger partial charge is 0.173 e. The number of hydrogen-bond donors (Lipinski definition) is 3. The van der Waals surface area contributed by atoms with Gasteiger partial charge in [-0.05, 0) is 11.5 Å². The van der Waals surface area contributed by atoms with Gasteiger partial charge in [0.1, 0.15) is 29.6 Å². The number of ether oxygens (including phenoxy) is 1. The maximum Gasteiger partial charge on any atom is 0.173 e. The van der Waals surface area contributed by atoms with E-state index >= 15 is 0 Å². The van der Waals surface area contributed by atoms with Crippen LogP contribution in [0.5, 0.6) is 5.75 Å². The highest BCUT2D eigenvalue weighted by Gasteiger charge is 2.38. The van der Waals surface area contributed by atoms with Crippen LogP contribution in [0.25, 0.3) is 10.8 Å². The summed E-state index contributed by atoms with van der Waals surface area (Å²) in [5.41, 5.74) is -0.335. The lowest BCUT2D eigenvalue weighted by atomic mass is 10.0. The quantitative estimate of drug-likeness (QED) is 0.772. The third-order valence-electron chi connectivity index (χ3n) is 3.70. The Hall–Kier alpha value is -1.78. The fourth-order valence-electron chi connectivity index (χ4n) is 2.47. The lowest BCUT2D eigenvalue weighted by Gasteiger charge is -2.34. The molecule has 22 heavy (non-hydrogen) atoms. The van der Waals surface area contributed by atoms with Crippen LogP contribution in [0.1, 0.15) is 5.56 Å². The van der Waals surface area contributed by atoms with Gasteiger partial charge in [-0.15, -0.1) is 11.8 Å². The number of nitriles is 1. The number of nitrogens with zero attached hydrogens (tertiary/aromatic N) is 1. The Kier molecular flexibility index (Phi) is 4.23. The normalized spacial score (nSPS) is 28.3. The highest BCUT2D eigenvalue weighted by Crippen LogP contribution is 2.33. The zero-order valence-corrected chi connectivity index (χ0v) is 12.4. The van der Waals surface area contributed by atoms with Gasteiger partial charge in [0, 0.05) is 11.1 Å². The molecule has 0 spiro atoms. The molecular formula is C16H15NO4S. The number of thioether (sulfide) groups is 1. The molecular weight excluding hydrogens is 302 g/mol. The first-order valence-corrected chi connectivity index (χ1v) is 7.91. The van der Waals surface area contributed by atoms with Crippen LogP contribution < -0.4 is 4.74 Å². The predicted octanol–water partition coefficient (Wildman–Crippen LogP) is 1.25. The molecule has 3 rings (SSSR count). The Labute approximate surface area is 131 Å². The van der Waals surface area contributed by atoms with Crippen LogP contribution in [0, 0.1) is 11.3 Å². The van der Waals surface area contributed by atoms with Gasteiger partial charge in [-0.3, -0.25) is 0 Å². The van der Waals surface area contributed by atoms with E-state index in [0.717, 1.165) is 10.8 Å². The van der Waals surface area contributed by atoms with E-state index in [1.165, 1.54) is 11.8 Å². The minimum absolute atomic E-state index is 0.262. The summed E-state index contributed by atoms with van der Waals surface area (Å²) in [6, 6.07) is 13.1. The van der Waals surface area contributed by atoms with Crippen molar-refractivity contribution in [3.63, 3.8) is 0 Å². The molecule has 2 aromatic carbocycles. The van der Waals surface area contributed by atoms with Crippen molar-refractivity contribution in [3.05, 3.63) is 42.0 Å². The van der Waals surface area contributed by atoms with E-state index < -0.39 is 23.7 Å². The molecule has 0 aliphatic carbocycles. The predicted molar refractivity (Wildman–Crippen MR) is 83.6 cm³/mol. The zero-order valence-electron chi connectivity index (χ0n) is 11.6. The molecule has 0 saturated carbocycles. The molecule has 0 bridgehead atoms. The maximum atomic E-state index is 10.0. The van der Waals surface area contributed by atoms with E-state index in [0.29, 0.717) is 11.3 Å². The minimum Gasteiger partial charge on any atom is -0.476 e. The van der Waals surface area contributed by atoms with Crippen molar-refractivity contribution in [1.29, 1.82) is 5.26 Å². The summed E-state index contributed by atoms with van der Waals surface area (Å²) in [5.74, 6) is 0.625. The number of aliphatic hydroxyl groups is 3. The second-order valence-electron chi connectivity index (χ2n) is 5.14. The standard InChI is InChI=1S/C16H15NO4S/c17-7-11-10-4-2-1-3-9(10)5-6-13(11)21-16-15(20)14(19)12(18)8-22-16/h1-6,12,14-16,18-20H,8H2/t12-,14+,15-,16-/m1/s1. The molecule has 114 valence electrons. The van der Waals surface area contributed by atoms with E-state index in [1.54, 1.807) is 6.07 Å². The molecule has 1 fully saturated rings.